The molecule has 0 bridgehead atoms. The van der Waals surface area contributed by atoms with Gasteiger partial charge in [-0.05, 0) is 26.0 Å². The molecule has 1 amide bonds. The van der Waals surface area contributed by atoms with Crippen molar-refractivity contribution in [2.24, 2.45) is 0 Å². The minimum absolute atomic E-state index is 0.0423. The van der Waals surface area contributed by atoms with Gasteiger partial charge in [-0.2, -0.15) is 0 Å². The fourth-order valence-corrected chi connectivity index (χ4v) is 2.59. The highest BCUT2D eigenvalue weighted by atomic mass is 32.2. The van der Waals surface area contributed by atoms with Crippen LogP contribution in [0.2, 0.25) is 0 Å². The van der Waals surface area contributed by atoms with Crippen LogP contribution in [0.15, 0.2) is 39.8 Å². The predicted molar refractivity (Wildman–Crippen MR) is 75.3 cm³/mol. The number of thioether (sulfide) groups is 1. The molecular formula is C14H16N2O2S. The first-order chi connectivity index (χ1) is 9.20. The molecule has 1 heterocycles. The fourth-order valence-electron chi connectivity index (χ4n) is 1.67. The van der Waals surface area contributed by atoms with Gasteiger partial charge in [-0.1, -0.05) is 17.3 Å². The van der Waals surface area contributed by atoms with Gasteiger partial charge in [0.05, 0.1) is 17.0 Å². The molecule has 0 unspecified atom stereocenters. The second-order valence-corrected chi connectivity index (χ2v) is 5.10. The van der Waals surface area contributed by atoms with Crippen molar-refractivity contribution in [3.05, 3.63) is 47.3 Å². The second-order valence-electron chi connectivity index (χ2n) is 4.08. The van der Waals surface area contributed by atoms with Gasteiger partial charge in [0.1, 0.15) is 5.76 Å². The summed E-state index contributed by atoms with van der Waals surface area (Å²) in [6.45, 7) is 4.42. The molecule has 1 N–H and O–H groups in total. The van der Waals surface area contributed by atoms with Crippen LogP contribution in [-0.4, -0.2) is 17.6 Å². The van der Waals surface area contributed by atoms with Gasteiger partial charge in [0.25, 0.3) is 5.91 Å². The number of nitrogens with one attached hydrogen (secondary N) is 1. The van der Waals surface area contributed by atoms with E-state index < -0.39 is 0 Å². The van der Waals surface area contributed by atoms with Crippen molar-refractivity contribution in [1.82, 2.24) is 10.5 Å². The van der Waals surface area contributed by atoms with Crippen molar-refractivity contribution >= 4 is 17.7 Å². The molecule has 0 spiro atoms. The smallest absolute Gasteiger partial charge is 0.252 e. The zero-order valence-electron chi connectivity index (χ0n) is 11.0. The van der Waals surface area contributed by atoms with E-state index in [0.29, 0.717) is 17.9 Å². The maximum absolute atomic E-state index is 11.9. The summed E-state index contributed by atoms with van der Waals surface area (Å²) >= 11 is 1.57. The van der Waals surface area contributed by atoms with Crippen LogP contribution in [0.1, 0.15) is 28.7 Å². The van der Waals surface area contributed by atoms with Crippen molar-refractivity contribution in [2.75, 3.05) is 6.54 Å². The molecule has 0 fully saturated rings. The Morgan fingerprint density at radius 2 is 2.21 bits per heavy atom. The van der Waals surface area contributed by atoms with Gasteiger partial charge >= 0.3 is 0 Å². The van der Waals surface area contributed by atoms with Gasteiger partial charge in [0.2, 0.25) is 0 Å². The Labute approximate surface area is 116 Å². The second kappa shape index (κ2) is 6.43. The topological polar surface area (TPSA) is 55.1 Å². The number of amides is 1. The number of carbonyl (C=O) groups is 1. The van der Waals surface area contributed by atoms with Crippen molar-refractivity contribution < 1.29 is 9.32 Å². The zero-order chi connectivity index (χ0) is 13.7. The maximum atomic E-state index is 11.9. The standard InChI is InChI=1S/C14H16N2O2S/c1-3-15-14(17)12-6-4-5-7-13(12)19-9-11-8-10(2)16-18-11/h4-8H,3,9H2,1-2H3,(H,15,17). The summed E-state index contributed by atoms with van der Waals surface area (Å²) in [6, 6.07) is 9.48. The van der Waals surface area contributed by atoms with Crippen LogP contribution >= 0.6 is 11.8 Å². The van der Waals surface area contributed by atoms with E-state index in [1.165, 1.54) is 0 Å². The number of aromatic nitrogens is 1. The van der Waals surface area contributed by atoms with Crippen LogP contribution in [0, 0.1) is 6.92 Å². The molecule has 0 aliphatic rings. The molecule has 0 saturated carbocycles. The Morgan fingerprint density at radius 1 is 1.42 bits per heavy atom. The van der Waals surface area contributed by atoms with Gasteiger partial charge in [0.15, 0.2) is 0 Å². The lowest BCUT2D eigenvalue weighted by atomic mass is 10.2. The molecule has 2 aromatic rings. The first-order valence-corrected chi connectivity index (χ1v) is 7.11. The summed E-state index contributed by atoms with van der Waals surface area (Å²) in [4.78, 5) is 12.9. The van der Waals surface area contributed by atoms with E-state index in [-0.39, 0.29) is 5.91 Å². The molecule has 100 valence electrons. The Kier molecular flexibility index (Phi) is 4.63. The molecule has 0 radical (unpaired) electrons. The molecule has 19 heavy (non-hydrogen) atoms. The van der Waals surface area contributed by atoms with E-state index in [0.717, 1.165) is 16.3 Å². The Balaban J connectivity index is 2.09. The molecule has 5 heteroatoms. The van der Waals surface area contributed by atoms with E-state index in [9.17, 15) is 4.79 Å². The molecule has 0 saturated heterocycles. The fraction of sp³-hybridized carbons (Fsp3) is 0.286. The van der Waals surface area contributed by atoms with Crippen LogP contribution in [0.5, 0.6) is 0 Å². The minimum atomic E-state index is -0.0423. The summed E-state index contributed by atoms with van der Waals surface area (Å²) in [5.41, 5.74) is 1.57. The van der Waals surface area contributed by atoms with Crippen LogP contribution in [-0.2, 0) is 5.75 Å². The lowest BCUT2D eigenvalue weighted by Crippen LogP contribution is -2.23. The average Bonchev–Trinajstić information content (AvgIpc) is 2.83. The lowest BCUT2D eigenvalue weighted by molar-refractivity contribution is 0.0953. The minimum Gasteiger partial charge on any atom is -0.360 e. The van der Waals surface area contributed by atoms with E-state index in [4.69, 9.17) is 4.52 Å². The Bertz CT molecular complexity index is 566. The lowest BCUT2D eigenvalue weighted by Gasteiger charge is -2.07. The third kappa shape index (κ3) is 3.61. The molecular weight excluding hydrogens is 260 g/mol. The Morgan fingerprint density at radius 3 is 2.89 bits per heavy atom. The number of rotatable bonds is 5. The SMILES string of the molecule is CCNC(=O)c1ccccc1SCc1cc(C)no1. The maximum Gasteiger partial charge on any atom is 0.252 e. The molecule has 0 aliphatic carbocycles. The first kappa shape index (κ1) is 13.7. The first-order valence-electron chi connectivity index (χ1n) is 6.13. The summed E-state index contributed by atoms with van der Waals surface area (Å²) in [5.74, 6) is 1.43. The molecule has 1 aromatic heterocycles. The van der Waals surface area contributed by atoms with Gasteiger partial charge in [-0.3, -0.25) is 4.79 Å². The van der Waals surface area contributed by atoms with Crippen molar-refractivity contribution in [3.63, 3.8) is 0 Å². The summed E-state index contributed by atoms with van der Waals surface area (Å²) in [5, 5.41) is 6.66. The summed E-state index contributed by atoms with van der Waals surface area (Å²) < 4.78 is 5.16. The van der Waals surface area contributed by atoms with Crippen LogP contribution in [0.4, 0.5) is 0 Å². The van der Waals surface area contributed by atoms with E-state index >= 15 is 0 Å². The normalized spacial score (nSPS) is 10.4. The van der Waals surface area contributed by atoms with E-state index in [1.807, 2.05) is 44.2 Å². The largest absolute Gasteiger partial charge is 0.360 e. The molecule has 4 nitrogen and oxygen atoms in total. The summed E-state index contributed by atoms with van der Waals surface area (Å²) in [7, 11) is 0. The van der Waals surface area contributed by atoms with E-state index in [2.05, 4.69) is 10.5 Å². The highest BCUT2D eigenvalue weighted by molar-refractivity contribution is 7.98. The van der Waals surface area contributed by atoms with Crippen molar-refractivity contribution in [1.29, 1.82) is 0 Å². The van der Waals surface area contributed by atoms with Gasteiger partial charge in [0, 0.05) is 17.5 Å². The third-order valence-corrected chi connectivity index (χ3v) is 3.61. The number of nitrogens with zero attached hydrogens (tertiary/aromatic N) is 1. The van der Waals surface area contributed by atoms with Crippen molar-refractivity contribution in [3.8, 4) is 0 Å². The van der Waals surface area contributed by atoms with Gasteiger partial charge < -0.3 is 9.84 Å². The Hall–Kier alpha value is -1.75. The molecule has 0 aliphatic heterocycles. The predicted octanol–water partition coefficient (Wildman–Crippen LogP) is 3.03. The highest BCUT2D eigenvalue weighted by Crippen LogP contribution is 2.26. The molecule has 0 atom stereocenters. The zero-order valence-corrected chi connectivity index (χ0v) is 11.8. The average molecular weight is 276 g/mol. The van der Waals surface area contributed by atoms with Crippen molar-refractivity contribution in [2.45, 2.75) is 24.5 Å². The van der Waals surface area contributed by atoms with Crippen LogP contribution in [0.25, 0.3) is 0 Å². The summed E-state index contributed by atoms with van der Waals surface area (Å²) in [6.07, 6.45) is 0. The molecule has 2 rings (SSSR count). The number of hydrogen-bond donors (Lipinski definition) is 1. The van der Waals surface area contributed by atoms with Gasteiger partial charge in [-0.15, -0.1) is 11.8 Å². The van der Waals surface area contributed by atoms with Crippen LogP contribution in [0.3, 0.4) is 0 Å². The quantitative estimate of drug-likeness (QED) is 0.853. The number of hydrogen-bond acceptors (Lipinski definition) is 4. The number of carbonyl (C=O) groups excluding carboxylic acids is 1. The van der Waals surface area contributed by atoms with Gasteiger partial charge in [-0.25, -0.2) is 0 Å². The van der Waals surface area contributed by atoms with E-state index in [1.54, 1.807) is 11.8 Å². The molecule has 1 aromatic carbocycles. The highest BCUT2D eigenvalue weighted by Gasteiger charge is 2.11. The van der Waals surface area contributed by atoms with Crippen LogP contribution < -0.4 is 5.32 Å². The number of benzene rings is 1. The third-order valence-electron chi connectivity index (χ3n) is 2.52. The monoisotopic (exact) mass is 276 g/mol. The number of aryl methyl sites for hydroxylation is 1.